The summed E-state index contributed by atoms with van der Waals surface area (Å²) >= 11 is 3.16. The molecule has 0 aliphatic rings. The molecule has 2 heterocycles. The first-order valence-corrected chi connectivity index (χ1v) is 8.36. The van der Waals surface area contributed by atoms with Gasteiger partial charge in [0.05, 0.1) is 5.75 Å². The standard InChI is InChI=1S/C14H19N3OS2/c1-5-9-6-10-12(15-8-16-13(10)20-9)19-7-11(18)17-14(2,3)4/h6,8H,5,7H2,1-4H3,(H,17,18). The summed E-state index contributed by atoms with van der Waals surface area (Å²) in [6.07, 6.45) is 2.57. The van der Waals surface area contributed by atoms with Gasteiger partial charge in [0, 0.05) is 15.8 Å². The summed E-state index contributed by atoms with van der Waals surface area (Å²) in [5.41, 5.74) is -0.198. The van der Waals surface area contributed by atoms with Crippen LogP contribution in [0.1, 0.15) is 32.6 Å². The van der Waals surface area contributed by atoms with E-state index in [4.69, 9.17) is 0 Å². The third-order valence-corrected chi connectivity index (χ3v) is 4.74. The Morgan fingerprint density at radius 3 is 2.80 bits per heavy atom. The smallest absolute Gasteiger partial charge is 0.230 e. The van der Waals surface area contributed by atoms with Gasteiger partial charge in [0.25, 0.3) is 0 Å². The minimum atomic E-state index is -0.198. The van der Waals surface area contributed by atoms with E-state index in [1.165, 1.54) is 16.6 Å². The lowest BCUT2D eigenvalue weighted by molar-refractivity contribution is -0.119. The quantitative estimate of drug-likeness (QED) is 0.696. The third kappa shape index (κ3) is 3.93. The molecule has 0 atom stereocenters. The van der Waals surface area contributed by atoms with E-state index in [9.17, 15) is 4.79 Å². The van der Waals surface area contributed by atoms with Gasteiger partial charge < -0.3 is 5.32 Å². The molecule has 0 aliphatic heterocycles. The summed E-state index contributed by atoms with van der Waals surface area (Å²) in [7, 11) is 0. The van der Waals surface area contributed by atoms with Crippen molar-refractivity contribution in [2.45, 2.75) is 44.7 Å². The first-order valence-electron chi connectivity index (χ1n) is 6.56. The molecular formula is C14H19N3OS2. The van der Waals surface area contributed by atoms with E-state index in [1.807, 2.05) is 20.8 Å². The summed E-state index contributed by atoms with van der Waals surface area (Å²) in [6, 6.07) is 2.13. The Kier molecular flexibility index (Phi) is 4.65. The first kappa shape index (κ1) is 15.3. The number of thiophene rings is 1. The number of aromatic nitrogens is 2. The Morgan fingerprint density at radius 2 is 2.15 bits per heavy atom. The summed E-state index contributed by atoms with van der Waals surface area (Å²) in [5.74, 6) is 0.404. The van der Waals surface area contributed by atoms with Gasteiger partial charge in [0.15, 0.2) is 0 Å². The number of amides is 1. The van der Waals surface area contributed by atoms with Crippen LogP contribution in [0.2, 0.25) is 0 Å². The van der Waals surface area contributed by atoms with Crippen molar-refractivity contribution in [3.63, 3.8) is 0 Å². The monoisotopic (exact) mass is 309 g/mol. The van der Waals surface area contributed by atoms with Gasteiger partial charge in [-0.3, -0.25) is 4.79 Å². The van der Waals surface area contributed by atoms with E-state index in [1.54, 1.807) is 17.7 Å². The summed E-state index contributed by atoms with van der Waals surface area (Å²) in [6.45, 7) is 8.06. The fraction of sp³-hybridized carbons (Fsp3) is 0.500. The van der Waals surface area contributed by atoms with Crippen LogP contribution in [0.4, 0.5) is 0 Å². The zero-order valence-corrected chi connectivity index (χ0v) is 13.8. The van der Waals surface area contributed by atoms with E-state index in [0.717, 1.165) is 21.7 Å². The lowest BCUT2D eigenvalue weighted by Gasteiger charge is -2.20. The maximum absolute atomic E-state index is 11.9. The molecule has 0 bridgehead atoms. The van der Waals surface area contributed by atoms with Gasteiger partial charge in [-0.05, 0) is 33.3 Å². The number of nitrogens with one attached hydrogen (secondary N) is 1. The van der Waals surface area contributed by atoms with Crippen molar-refractivity contribution >= 4 is 39.2 Å². The molecule has 0 radical (unpaired) electrons. The van der Waals surface area contributed by atoms with Crippen LogP contribution in [0.25, 0.3) is 10.2 Å². The minimum absolute atomic E-state index is 0.0280. The number of aryl methyl sites for hydroxylation is 1. The maximum atomic E-state index is 11.9. The largest absolute Gasteiger partial charge is 0.351 e. The van der Waals surface area contributed by atoms with E-state index in [0.29, 0.717) is 5.75 Å². The molecule has 2 aromatic heterocycles. The lowest BCUT2D eigenvalue weighted by Crippen LogP contribution is -2.41. The Balaban J connectivity index is 2.10. The van der Waals surface area contributed by atoms with Crippen molar-refractivity contribution in [2.24, 2.45) is 0 Å². The Hall–Kier alpha value is -1.14. The number of hydrogen-bond donors (Lipinski definition) is 1. The van der Waals surface area contributed by atoms with E-state index < -0.39 is 0 Å². The fourth-order valence-corrected chi connectivity index (χ4v) is 3.53. The highest BCUT2D eigenvalue weighted by Gasteiger charge is 2.15. The fourth-order valence-electron chi connectivity index (χ4n) is 1.76. The normalized spacial score (nSPS) is 11.8. The van der Waals surface area contributed by atoms with Gasteiger partial charge in [-0.25, -0.2) is 9.97 Å². The SMILES string of the molecule is CCc1cc2c(SCC(=O)NC(C)(C)C)ncnc2s1. The molecule has 6 heteroatoms. The molecule has 1 amide bonds. The Morgan fingerprint density at radius 1 is 1.40 bits per heavy atom. The summed E-state index contributed by atoms with van der Waals surface area (Å²) in [4.78, 5) is 22.7. The second kappa shape index (κ2) is 6.10. The second-order valence-electron chi connectivity index (χ2n) is 5.55. The molecule has 20 heavy (non-hydrogen) atoms. The van der Waals surface area contributed by atoms with Crippen LogP contribution < -0.4 is 5.32 Å². The van der Waals surface area contributed by atoms with Gasteiger partial charge in [0.2, 0.25) is 5.91 Å². The van der Waals surface area contributed by atoms with Crippen molar-refractivity contribution in [3.8, 4) is 0 Å². The van der Waals surface area contributed by atoms with Crippen LogP contribution >= 0.6 is 23.1 Å². The number of carbonyl (C=O) groups is 1. The van der Waals surface area contributed by atoms with Gasteiger partial charge in [-0.1, -0.05) is 18.7 Å². The molecular weight excluding hydrogens is 290 g/mol. The predicted molar refractivity (Wildman–Crippen MR) is 85.4 cm³/mol. The molecule has 0 spiro atoms. The minimum Gasteiger partial charge on any atom is -0.351 e. The van der Waals surface area contributed by atoms with Gasteiger partial charge >= 0.3 is 0 Å². The zero-order chi connectivity index (χ0) is 14.8. The van der Waals surface area contributed by atoms with Crippen molar-refractivity contribution in [1.29, 1.82) is 0 Å². The average Bonchev–Trinajstić information content (AvgIpc) is 2.77. The molecule has 108 valence electrons. The zero-order valence-electron chi connectivity index (χ0n) is 12.2. The molecule has 2 rings (SSSR count). The maximum Gasteiger partial charge on any atom is 0.230 e. The van der Waals surface area contributed by atoms with Gasteiger partial charge in [-0.15, -0.1) is 11.3 Å². The average molecular weight is 309 g/mol. The summed E-state index contributed by atoms with van der Waals surface area (Å²) < 4.78 is 0. The van der Waals surface area contributed by atoms with Crippen LogP contribution in [0.15, 0.2) is 17.4 Å². The molecule has 0 saturated carbocycles. The highest BCUT2D eigenvalue weighted by atomic mass is 32.2. The Labute approximate surface area is 127 Å². The molecule has 0 unspecified atom stereocenters. The molecule has 2 aromatic rings. The number of rotatable bonds is 4. The molecule has 1 N–H and O–H groups in total. The highest BCUT2D eigenvalue weighted by molar-refractivity contribution is 8.00. The summed E-state index contributed by atoms with van der Waals surface area (Å²) in [5, 5.41) is 4.90. The lowest BCUT2D eigenvalue weighted by atomic mass is 10.1. The van der Waals surface area contributed by atoms with E-state index in [2.05, 4.69) is 28.3 Å². The molecule has 0 aromatic carbocycles. The number of fused-ring (bicyclic) bond motifs is 1. The molecule has 0 aliphatic carbocycles. The van der Waals surface area contributed by atoms with Crippen molar-refractivity contribution < 1.29 is 4.79 Å². The van der Waals surface area contributed by atoms with E-state index >= 15 is 0 Å². The molecule has 4 nitrogen and oxygen atoms in total. The Bertz CT molecular complexity index is 616. The van der Waals surface area contributed by atoms with Crippen molar-refractivity contribution in [3.05, 3.63) is 17.3 Å². The number of carbonyl (C=O) groups excluding carboxylic acids is 1. The number of hydrogen-bond acceptors (Lipinski definition) is 5. The topological polar surface area (TPSA) is 54.9 Å². The van der Waals surface area contributed by atoms with Crippen LogP contribution in [-0.2, 0) is 11.2 Å². The second-order valence-corrected chi connectivity index (χ2v) is 7.63. The molecule has 0 fully saturated rings. The predicted octanol–water partition coefficient (Wildman–Crippen LogP) is 3.26. The third-order valence-electron chi connectivity index (χ3n) is 2.55. The van der Waals surface area contributed by atoms with Crippen LogP contribution in [0.5, 0.6) is 0 Å². The van der Waals surface area contributed by atoms with Crippen LogP contribution in [0.3, 0.4) is 0 Å². The van der Waals surface area contributed by atoms with Crippen LogP contribution in [-0.4, -0.2) is 27.2 Å². The van der Waals surface area contributed by atoms with Crippen molar-refractivity contribution in [2.75, 3.05) is 5.75 Å². The first-order chi connectivity index (χ1) is 9.39. The van der Waals surface area contributed by atoms with E-state index in [-0.39, 0.29) is 11.4 Å². The number of nitrogens with zero attached hydrogens (tertiary/aromatic N) is 2. The molecule has 0 saturated heterocycles. The van der Waals surface area contributed by atoms with Gasteiger partial charge in [-0.2, -0.15) is 0 Å². The van der Waals surface area contributed by atoms with Crippen LogP contribution in [0, 0.1) is 0 Å². The van der Waals surface area contributed by atoms with Gasteiger partial charge in [0.1, 0.15) is 16.2 Å². The number of thioether (sulfide) groups is 1. The highest BCUT2D eigenvalue weighted by Crippen LogP contribution is 2.30. The van der Waals surface area contributed by atoms with Crippen molar-refractivity contribution in [1.82, 2.24) is 15.3 Å².